The SMILES string of the molecule is C=CCn1c(COc2ccc(Cl)cc2C)nnc1SCc1csc(-c2cccc(C)c2)n1. The Morgan fingerprint density at radius 1 is 1.19 bits per heavy atom. The molecule has 0 amide bonds. The predicted octanol–water partition coefficient (Wildman–Crippen LogP) is 6.73. The number of thioether (sulfide) groups is 1. The highest BCUT2D eigenvalue weighted by Crippen LogP contribution is 2.29. The van der Waals surface area contributed by atoms with Crippen LogP contribution in [0.3, 0.4) is 0 Å². The van der Waals surface area contributed by atoms with E-state index < -0.39 is 0 Å². The highest BCUT2D eigenvalue weighted by atomic mass is 35.5. The number of benzene rings is 2. The standard InChI is InChI=1S/C24H23ClN4OS2/c1-4-10-29-22(13-30-21-9-8-19(25)12-17(21)3)27-28-24(29)32-15-20-14-31-23(26-20)18-7-5-6-16(2)11-18/h4-9,11-12,14H,1,10,13,15H2,2-3H3. The van der Waals surface area contributed by atoms with Gasteiger partial charge in [-0.2, -0.15) is 0 Å². The molecule has 0 N–H and O–H groups in total. The molecule has 0 aliphatic heterocycles. The fourth-order valence-electron chi connectivity index (χ4n) is 3.18. The van der Waals surface area contributed by atoms with Crippen molar-refractivity contribution in [3.05, 3.63) is 88.2 Å². The third kappa shape index (κ3) is 5.41. The van der Waals surface area contributed by atoms with Crippen molar-refractivity contribution >= 4 is 34.7 Å². The zero-order valence-electron chi connectivity index (χ0n) is 17.9. The maximum atomic E-state index is 6.03. The van der Waals surface area contributed by atoms with E-state index >= 15 is 0 Å². The second-order valence-corrected chi connectivity index (χ2v) is 9.54. The Bertz CT molecular complexity index is 1230. The van der Waals surface area contributed by atoms with Crippen LogP contribution in [-0.2, 0) is 18.9 Å². The molecule has 0 bridgehead atoms. The molecule has 8 heteroatoms. The Kier molecular flexibility index (Phi) is 7.29. The summed E-state index contributed by atoms with van der Waals surface area (Å²) in [6, 6.07) is 14.0. The van der Waals surface area contributed by atoms with E-state index in [-0.39, 0.29) is 0 Å². The monoisotopic (exact) mass is 482 g/mol. The van der Waals surface area contributed by atoms with Crippen molar-refractivity contribution in [3.8, 4) is 16.3 Å². The number of allylic oxidation sites excluding steroid dienone is 1. The fraction of sp³-hybridized carbons (Fsp3) is 0.208. The summed E-state index contributed by atoms with van der Waals surface area (Å²) >= 11 is 9.31. The van der Waals surface area contributed by atoms with Crippen molar-refractivity contribution in [2.75, 3.05) is 0 Å². The van der Waals surface area contributed by atoms with Gasteiger partial charge >= 0.3 is 0 Å². The smallest absolute Gasteiger partial charge is 0.191 e. The first-order chi connectivity index (χ1) is 15.5. The molecular weight excluding hydrogens is 460 g/mol. The number of hydrogen-bond acceptors (Lipinski definition) is 6. The molecule has 2 aromatic heterocycles. The minimum atomic E-state index is 0.318. The van der Waals surface area contributed by atoms with Gasteiger partial charge in [0.25, 0.3) is 0 Å². The number of nitrogens with zero attached hydrogens (tertiary/aromatic N) is 4. The molecular formula is C24H23ClN4OS2. The number of thiazole rings is 1. The molecule has 164 valence electrons. The minimum absolute atomic E-state index is 0.318. The quantitative estimate of drug-likeness (QED) is 0.195. The molecule has 0 aliphatic carbocycles. The second kappa shape index (κ2) is 10.3. The summed E-state index contributed by atoms with van der Waals surface area (Å²) in [6.07, 6.45) is 1.84. The van der Waals surface area contributed by atoms with Crippen LogP contribution in [0.2, 0.25) is 5.02 Å². The molecule has 2 heterocycles. The van der Waals surface area contributed by atoms with Crippen LogP contribution in [0.15, 0.2) is 65.7 Å². The minimum Gasteiger partial charge on any atom is -0.485 e. The van der Waals surface area contributed by atoms with Gasteiger partial charge in [0.05, 0.1) is 5.69 Å². The first-order valence-corrected chi connectivity index (χ1v) is 12.3. The number of aromatic nitrogens is 4. The summed E-state index contributed by atoms with van der Waals surface area (Å²) in [4.78, 5) is 4.80. The molecule has 5 nitrogen and oxygen atoms in total. The van der Waals surface area contributed by atoms with Gasteiger partial charge in [-0.25, -0.2) is 4.98 Å². The van der Waals surface area contributed by atoms with E-state index in [4.69, 9.17) is 21.3 Å². The highest BCUT2D eigenvalue weighted by Gasteiger charge is 2.14. The summed E-state index contributed by atoms with van der Waals surface area (Å²) < 4.78 is 7.99. The zero-order valence-corrected chi connectivity index (χ0v) is 20.3. The van der Waals surface area contributed by atoms with Gasteiger partial charge in [-0.1, -0.05) is 53.2 Å². The van der Waals surface area contributed by atoms with Crippen LogP contribution in [0.4, 0.5) is 0 Å². The van der Waals surface area contributed by atoms with E-state index in [1.165, 1.54) is 5.56 Å². The van der Waals surface area contributed by atoms with Crippen LogP contribution in [0.25, 0.3) is 10.6 Å². The van der Waals surface area contributed by atoms with Crippen LogP contribution in [0.1, 0.15) is 22.6 Å². The van der Waals surface area contributed by atoms with E-state index in [1.54, 1.807) is 23.1 Å². The molecule has 0 saturated heterocycles. The number of hydrogen-bond donors (Lipinski definition) is 0. The Morgan fingerprint density at radius 3 is 2.84 bits per heavy atom. The van der Waals surface area contributed by atoms with Crippen LogP contribution in [0.5, 0.6) is 5.75 Å². The third-order valence-electron chi connectivity index (χ3n) is 4.76. The number of ether oxygens (including phenoxy) is 1. The normalized spacial score (nSPS) is 11.0. The molecule has 0 atom stereocenters. The Morgan fingerprint density at radius 2 is 2.06 bits per heavy atom. The van der Waals surface area contributed by atoms with Crippen molar-refractivity contribution in [1.82, 2.24) is 19.7 Å². The largest absolute Gasteiger partial charge is 0.485 e. The maximum Gasteiger partial charge on any atom is 0.191 e. The van der Waals surface area contributed by atoms with Gasteiger partial charge in [0, 0.05) is 28.3 Å². The van der Waals surface area contributed by atoms with Crippen LogP contribution in [0, 0.1) is 13.8 Å². The average Bonchev–Trinajstić information content (AvgIpc) is 3.39. The Balaban J connectivity index is 1.44. The first-order valence-electron chi connectivity index (χ1n) is 10.1. The van der Waals surface area contributed by atoms with Gasteiger partial charge in [0.2, 0.25) is 0 Å². The molecule has 32 heavy (non-hydrogen) atoms. The summed E-state index contributed by atoms with van der Waals surface area (Å²) in [7, 11) is 0. The number of halogens is 1. The van der Waals surface area contributed by atoms with Crippen LogP contribution in [-0.4, -0.2) is 19.7 Å². The molecule has 0 aliphatic rings. The molecule has 4 rings (SSSR count). The molecule has 2 aromatic carbocycles. The van der Waals surface area contributed by atoms with Gasteiger partial charge in [-0.3, -0.25) is 4.57 Å². The second-order valence-electron chi connectivity index (χ2n) is 7.30. The molecule has 0 unspecified atom stereocenters. The maximum absolute atomic E-state index is 6.03. The number of aryl methyl sites for hydroxylation is 2. The lowest BCUT2D eigenvalue weighted by Crippen LogP contribution is -2.08. The zero-order chi connectivity index (χ0) is 22.5. The third-order valence-corrected chi connectivity index (χ3v) is 6.94. The van der Waals surface area contributed by atoms with Gasteiger partial charge in [-0.05, 0) is 43.7 Å². The van der Waals surface area contributed by atoms with Crippen molar-refractivity contribution in [3.63, 3.8) is 0 Å². The van der Waals surface area contributed by atoms with E-state index in [0.717, 1.165) is 44.3 Å². The van der Waals surface area contributed by atoms with E-state index in [2.05, 4.69) is 53.3 Å². The lowest BCUT2D eigenvalue weighted by molar-refractivity contribution is 0.287. The van der Waals surface area contributed by atoms with E-state index in [1.807, 2.05) is 35.8 Å². The first kappa shape index (κ1) is 22.6. The summed E-state index contributed by atoms with van der Waals surface area (Å²) in [5, 5.41) is 13.4. The fourth-order valence-corrected chi connectivity index (χ4v) is 5.19. The van der Waals surface area contributed by atoms with Crippen LogP contribution >= 0.6 is 34.7 Å². The van der Waals surface area contributed by atoms with Crippen molar-refractivity contribution in [1.29, 1.82) is 0 Å². The van der Waals surface area contributed by atoms with E-state index in [9.17, 15) is 0 Å². The van der Waals surface area contributed by atoms with Crippen molar-refractivity contribution in [2.24, 2.45) is 0 Å². The molecule has 0 fully saturated rings. The lowest BCUT2D eigenvalue weighted by atomic mass is 10.1. The van der Waals surface area contributed by atoms with Crippen LogP contribution < -0.4 is 4.74 Å². The van der Waals surface area contributed by atoms with Gasteiger partial charge in [-0.15, -0.1) is 28.1 Å². The molecule has 0 radical (unpaired) electrons. The van der Waals surface area contributed by atoms with Gasteiger partial charge in [0.1, 0.15) is 17.4 Å². The average molecular weight is 483 g/mol. The van der Waals surface area contributed by atoms with Gasteiger partial charge in [0.15, 0.2) is 11.0 Å². The van der Waals surface area contributed by atoms with Gasteiger partial charge < -0.3 is 4.74 Å². The highest BCUT2D eigenvalue weighted by molar-refractivity contribution is 7.98. The van der Waals surface area contributed by atoms with E-state index in [0.29, 0.717) is 18.2 Å². The van der Waals surface area contributed by atoms with Crippen molar-refractivity contribution < 1.29 is 4.74 Å². The summed E-state index contributed by atoms with van der Waals surface area (Å²) in [5.74, 6) is 2.25. The molecule has 0 spiro atoms. The Hall–Kier alpha value is -2.61. The Labute approximate surface area is 201 Å². The molecule has 0 saturated carbocycles. The summed E-state index contributed by atoms with van der Waals surface area (Å²) in [6.45, 7) is 8.86. The topological polar surface area (TPSA) is 52.8 Å². The molecule has 4 aromatic rings. The number of rotatable bonds is 9. The summed E-state index contributed by atoms with van der Waals surface area (Å²) in [5.41, 5.74) is 4.39. The van der Waals surface area contributed by atoms with Crippen molar-refractivity contribution in [2.45, 2.75) is 37.9 Å². The predicted molar refractivity (Wildman–Crippen MR) is 133 cm³/mol. The lowest BCUT2D eigenvalue weighted by Gasteiger charge is -2.10.